The van der Waals surface area contributed by atoms with Gasteiger partial charge >= 0.3 is 0 Å². The number of fused-ring (bicyclic) bond motifs is 2. The molecule has 0 radical (unpaired) electrons. The van der Waals surface area contributed by atoms with Crippen LogP contribution in [0.2, 0.25) is 0 Å². The van der Waals surface area contributed by atoms with E-state index >= 15 is 0 Å². The zero-order chi connectivity index (χ0) is 18.4. The van der Waals surface area contributed by atoms with Gasteiger partial charge in [0.05, 0.1) is 17.1 Å². The van der Waals surface area contributed by atoms with Crippen LogP contribution in [-0.2, 0) is 6.42 Å². The lowest BCUT2D eigenvalue weighted by atomic mass is 10.0. The van der Waals surface area contributed by atoms with Crippen LogP contribution in [0, 0.1) is 11.3 Å². The molecule has 27 heavy (non-hydrogen) atoms. The summed E-state index contributed by atoms with van der Waals surface area (Å²) in [6.07, 6.45) is 7.94. The van der Waals surface area contributed by atoms with Crippen LogP contribution >= 0.6 is 0 Å². The minimum absolute atomic E-state index is 0.643. The van der Waals surface area contributed by atoms with Crippen LogP contribution in [0.25, 0.3) is 27.5 Å². The van der Waals surface area contributed by atoms with E-state index < -0.39 is 0 Å². The molecule has 1 fully saturated rings. The second-order valence-corrected chi connectivity index (χ2v) is 7.60. The smallest absolute Gasteiger partial charge is 0.0991 e. The summed E-state index contributed by atoms with van der Waals surface area (Å²) in [4.78, 5) is 5.92. The third kappa shape index (κ3) is 2.72. The Bertz CT molecular complexity index is 1170. The van der Waals surface area contributed by atoms with Gasteiger partial charge in [-0.1, -0.05) is 0 Å². The van der Waals surface area contributed by atoms with Crippen LogP contribution in [0.15, 0.2) is 54.9 Å². The second-order valence-electron chi connectivity index (χ2n) is 7.60. The van der Waals surface area contributed by atoms with Gasteiger partial charge in [-0.2, -0.15) is 5.26 Å². The van der Waals surface area contributed by atoms with Gasteiger partial charge in [0.1, 0.15) is 0 Å². The highest BCUT2D eigenvalue weighted by atomic mass is 15.1. The van der Waals surface area contributed by atoms with Crippen LogP contribution < -0.4 is 0 Å². The topological polar surface area (TPSA) is 47.8 Å². The molecule has 1 atom stereocenters. The summed E-state index contributed by atoms with van der Waals surface area (Å²) in [6.45, 7) is 1.21. The van der Waals surface area contributed by atoms with Gasteiger partial charge in [0.15, 0.2) is 0 Å². The van der Waals surface area contributed by atoms with E-state index in [4.69, 9.17) is 5.26 Å². The first kappa shape index (κ1) is 16.2. The number of H-pyrrole nitrogens is 1. The Kier molecular flexibility index (Phi) is 3.77. The predicted octanol–water partition coefficient (Wildman–Crippen LogP) is 4.62. The van der Waals surface area contributed by atoms with E-state index in [2.05, 4.69) is 64.2 Å². The molecule has 0 saturated carbocycles. The number of likely N-dealkylation sites (tertiary alicyclic amines) is 1. The number of hydrogen-bond acceptors (Lipinski definition) is 2. The molecule has 0 unspecified atom stereocenters. The summed E-state index contributed by atoms with van der Waals surface area (Å²) < 4.78 is 2.20. The van der Waals surface area contributed by atoms with Crippen LogP contribution in [-0.4, -0.2) is 34.1 Å². The van der Waals surface area contributed by atoms with E-state index in [-0.39, 0.29) is 0 Å². The summed E-state index contributed by atoms with van der Waals surface area (Å²) in [7, 11) is 2.24. The third-order valence-electron chi connectivity index (χ3n) is 5.98. The molecule has 1 saturated heterocycles. The molecule has 4 nitrogen and oxygen atoms in total. The van der Waals surface area contributed by atoms with E-state index in [1.165, 1.54) is 35.9 Å². The molecule has 0 spiro atoms. The first-order chi connectivity index (χ1) is 13.2. The van der Waals surface area contributed by atoms with E-state index in [1.54, 1.807) is 0 Å². The summed E-state index contributed by atoms with van der Waals surface area (Å²) in [6, 6.07) is 17.4. The van der Waals surface area contributed by atoms with Crippen LogP contribution in [0.4, 0.5) is 0 Å². The van der Waals surface area contributed by atoms with Crippen molar-refractivity contribution in [2.45, 2.75) is 25.3 Å². The minimum Gasteiger partial charge on any atom is -0.361 e. The zero-order valence-corrected chi connectivity index (χ0v) is 15.4. The maximum absolute atomic E-state index is 9.12. The number of aromatic amines is 1. The molecule has 0 amide bonds. The van der Waals surface area contributed by atoms with Gasteiger partial charge in [0, 0.05) is 40.4 Å². The van der Waals surface area contributed by atoms with E-state index in [1.807, 2.05) is 18.2 Å². The van der Waals surface area contributed by atoms with Crippen LogP contribution in [0.1, 0.15) is 24.0 Å². The van der Waals surface area contributed by atoms with Gasteiger partial charge in [-0.15, -0.1) is 0 Å². The van der Waals surface area contributed by atoms with Crippen LogP contribution in [0.5, 0.6) is 0 Å². The first-order valence-electron chi connectivity index (χ1n) is 9.55. The molecule has 2 aromatic carbocycles. The van der Waals surface area contributed by atoms with Crippen molar-refractivity contribution < 1.29 is 0 Å². The molecule has 3 heterocycles. The summed E-state index contributed by atoms with van der Waals surface area (Å²) in [5, 5.41) is 11.5. The lowest BCUT2D eigenvalue weighted by Crippen LogP contribution is -2.26. The van der Waals surface area contributed by atoms with Gasteiger partial charge in [-0.05, 0) is 80.9 Å². The minimum atomic E-state index is 0.643. The number of nitriles is 1. The van der Waals surface area contributed by atoms with Crippen molar-refractivity contribution in [3.63, 3.8) is 0 Å². The molecule has 5 rings (SSSR count). The number of likely N-dealkylation sites (N-methyl/N-ethyl adjacent to an activating group) is 1. The van der Waals surface area contributed by atoms with Crippen molar-refractivity contribution in [2.24, 2.45) is 0 Å². The number of benzene rings is 2. The Balaban J connectivity index is 1.56. The van der Waals surface area contributed by atoms with Crippen molar-refractivity contribution in [1.82, 2.24) is 14.5 Å². The number of rotatable bonds is 3. The Morgan fingerprint density at radius 2 is 2.11 bits per heavy atom. The van der Waals surface area contributed by atoms with Gasteiger partial charge < -0.3 is 14.5 Å². The molecule has 0 aliphatic carbocycles. The number of nitrogens with zero attached hydrogens (tertiary/aromatic N) is 3. The molecule has 134 valence electrons. The number of nitrogens with one attached hydrogen (secondary N) is 1. The molecule has 4 heteroatoms. The van der Waals surface area contributed by atoms with Gasteiger partial charge in [-0.25, -0.2) is 0 Å². The molecule has 4 aromatic rings. The summed E-state index contributed by atoms with van der Waals surface area (Å²) >= 11 is 0. The maximum Gasteiger partial charge on any atom is 0.0991 e. The molecule has 1 aliphatic heterocycles. The summed E-state index contributed by atoms with van der Waals surface area (Å²) in [5.74, 6) is 0. The number of hydrogen-bond donors (Lipinski definition) is 1. The zero-order valence-electron chi connectivity index (χ0n) is 15.4. The lowest BCUT2D eigenvalue weighted by molar-refractivity contribution is 0.310. The molecular formula is C23H22N4. The largest absolute Gasteiger partial charge is 0.361 e. The summed E-state index contributed by atoms with van der Waals surface area (Å²) in [5.41, 5.74) is 5.57. The predicted molar refractivity (Wildman–Crippen MR) is 109 cm³/mol. The van der Waals surface area contributed by atoms with Crippen molar-refractivity contribution in [2.75, 3.05) is 13.6 Å². The third-order valence-corrected chi connectivity index (χ3v) is 5.98. The van der Waals surface area contributed by atoms with Crippen molar-refractivity contribution in [1.29, 1.82) is 5.26 Å². The van der Waals surface area contributed by atoms with Gasteiger partial charge in [-0.3, -0.25) is 0 Å². The highest BCUT2D eigenvalue weighted by Crippen LogP contribution is 2.28. The van der Waals surface area contributed by atoms with E-state index in [9.17, 15) is 0 Å². The maximum atomic E-state index is 9.12. The Morgan fingerprint density at radius 1 is 1.19 bits per heavy atom. The Morgan fingerprint density at radius 3 is 2.93 bits per heavy atom. The quantitative estimate of drug-likeness (QED) is 0.583. The van der Waals surface area contributed by atoms with E-state index in [0.717, 1.165) is 23.0 Å². The average molecular weight is 354 g/mol. The lowest BCUT2D eigenvalue weighted by Gasteiger charge is -2.18. The van der Waals surface area contributed by atoms with Crippen LogP contribution in [0.3, 0.4) is 0 Å². The molecule has 0 bridgehead atoms. The average Bonchev–Trinajstić information content (AvgIpc) is 3.40. The fourth-order valence-electron chi connectivity index (χ4n) is 4.41. The Hall–Kier alpha value is -3.03. The molecule has 1 N–H and O–H groups in total. The Labute approximate surface area is 158 Å². The van der Waals surface area contributed by atoms with Crippen molar-refractivity contribution in [3.8, 4) is 11.8 Å². The van der Waals surface area contributed by atoms with Crippen molar-refractivity contribution >= 4 is 21.8 Å². The second kappa shape index (κ2) is 6.29. The monoisotopic (exact) mass is 354 g/mol. The number of aromatic nitrogens is 2. The molecular weight excluding hydrogens is 332 g/mol. The first-order valence-corrected chi connectivity index (χ1v) is 9.55. The normalized spacial score (nSPS) is 17.7. The van der Waals surface area contributed by atoms with Gasteiger partial charge in [0.2, 0.25) is 0 Å². The van der Waals surface area contributed by atoms with Crippen molar-refractivity contribution in [3.05, 3.63) is 66.0 Å². The fraction of sp³-hybridized carbons (Fsp3) is 0.261. The highest BCUT2D eigenvalue weighted by molar-refractivity contribution is 5.88. The van der Waals surface area contributed by atoms with Gasteiger partial charge in [0.25, 0.3) is 0 Å². The molecule has 2 aromatic heterocycles. The van der Waals surface area contributed by atoms with E-state index in [0.29, 0.717) is 11.6 Å². The SMILES string of the molecule is CN1CCC[C@@H]1Cc1c[nH]c2ccc(-n3ccc4cc(C#N)ccc43)cc12. The highest BCUT2D eigenvalue weighted by Gasteiger charge is 2.22. The molecule has 1 aliphatic rings. The fourth-order valence-corrected chi connectivity index (χ4v) is 4.41. The standard InChI is InChI=1S/C23H22N4/c1-26-9-2-3-19(26)12-18-15-25-22-6-5-20(13-21(18)22)27-10-8-17-11-16(14-24)4-7-23(17)27/h4-8,10-11,13,15,19,25H,2-3,9,12H2,1H3/t19-/m1/s1.